The molecule has 1 atom stereocenters. The molecular weight excluding hydrogens is 350 g/mol. The first-order chi connectivity index (χ1) is 12.6. The zero-order chi connectivity index (χ0) is 18.5. The van der Waals surface area contributed by atoms with E-state index in [0.29, 0.717) is 41.8 Å². The van der Waals surface area contributed by atoms with Gasteiger partial charge in [-0.15, -0.1) is 0 Å². The molecule has 0 amide bonds. The average Bonchev–Trinajstić information content (AvgIpc) is 3.08. The van der Waals surface area contributed by atoms with Gasteiger partial charge in [-0.3, -0.25) is 0 Å². The highest BCUT2D eigenvalue weighted by atomic mass is 35.5. The Morgan fingerprint density at radius 2 is 2.15 bits per heavy atom. The Morgan fingerprint density at radius 1 is 1.38 bits per heavy atom. The predicted molar refractivity (Wildman–Crippen MR) is 107 cm³/mol. The van der Waals surface area contributed by atoms with Crippen LogP contribution in [0, 0.1) is 5.92 Å². The highest BCUT2D eigenvalue weighted by molar-refractivity contribution is 6.28. The number of rotatable bonds is 6. The molecule has 0 bridgehead atoms. The number of allylic oxidation sites excluding steroid dienone is 5. The number of morpholine rings is 1. The van der Waals surface area contributed by atoms with Crippen molar-refractivity contribution < 1.29 is 9.15 Å². The lowest BCUT2D eigenvalue weighted by Crippen LogP contribution is -2.36. The Bertz CT molecular complexity index is 835. The Hall–Kier alpha value is -2.11. The van der Waals surface area contributed by atoms with E-state index >= 15 is 0 Å². The van der Waals surface area contributed by atoms with Crippen molar-refractivity contribution >= 4 is 34.1 Å². The van der Waals surface area contributed by atoms with E-state index in [1.165, 1.54) is 0 Å². The van der Waals surface area contributed by atoms with Gasteiger partial charge in [0.05, 0.1) is 13.2 Å². The van der Waals surface area contributed by atoms with Gasteiger partial charge in [0.1, 0.15) is 11.3 Å². The number of furan rings is 1. The fourth-order valence-electron chi connectivity index (χ4n) is 2.75. The fraction of sp³-hybridized carbons (Fsp3) is 0.400. The summed E-state index contributed by atoms with van der Waals surface area (Å²) in [4.78, 5) is 10.8. The minimum absolute atomic E-state index is 0.215. The third-order valence-electron chi connectivity index (χ3n) is 4.50. The molecule has 0 N–H and O–H groups in total. The minimum atomic E-state index is 0.215. The predicted octanol–water partition coefficient (Wildman–Crippen LogP) is 4.88. The van der Waals surface area contributed by atoms with Crippen LogP contribution < -0.4 is 4.90 Å². The van der Waals surface area contributed by atoms with Crippen LogP contribution in [0.4, 0.5) is 5.82 Å². The maximum atomic E-state index is 6.13. The molecule has 138 valence electrons. The number of nitrogens with zero attached hydrogens (tertiary/aromatic N) is 3. The van der Waals surface area contributed by atoms with Gasteiger partial charge in [-0.05, 0) is 17.5 Å². The molecule has 1 aliphatic heterocycles. The summed E-state index contributed by atoms with van der Waals surface area (Å²) >= 11 is 6.13. The molecule has 2 aromatic heterocycles. The van der Waals surface area contributed by atoms with Gasteiger partial charge in [-0.25, -0.2) is 4.98 Å². The number of ether oxygens (including phenoxy) is 1. The van der Waals surface area contributed by atoms with Crippen LogP contribution in [0.3, 0.4) is 0 Å². The van der Waals surface area contributed by atoms with Crippen LogP contribution in [0.2, 0.25) is 5.28 Å². The summed E-state index contributed by atoms with van der Waals surface area (Å²) in [5, 5.41) is 0.215. The molecular formula is C20H24ClN3O2. The quantitative estimate of drug-likeness (QED) is 0.533. The maximum absolute atomic E-state index is 6.13. The average molecular weight is 374 g/mol. The van der Waals surface area contributed by atoms with Gasteiger partial charge >= 0.3 is 0 Å². The first kappa shape index (κ1) is 18.7. The zero-order valence-corrected chi connectivity index (χ0v) is 16.0. The standard InChI is InChI=1S/C20H24ClN3O2/c1-4-14(3)7-6-8-15(5-2)17-13-16-18(26-17)19(23-20(21)22-16)24-9-11-25-12-10-24/h5-8,13-14H,2,4,9-12H2,1,3H3/b7-6-,15-8+. The lowest BCUT2D eigenvalue weighted by Gasteiger charge is -2.27. The summed E-state index contributed by atoms with van der Waals surface area (Å²) in [5.74, 6) is 1.95. The molecule has 1 saturated heterocycles. The van der Waals surface area contributed by atoms with Gasteiger partial charge in [-0.2, -0.15) is 4.98 Å². The Kier molecular flexibility index (Phi) is 6.12. The van der Waals surface area contributed by atoms with Crippen LogP contribution in [0.1, 0.15) is 26.0 Å². The molecule has 1 aliphatic rings. The SMILES string of the molecule is C=C/C(=C\C=C/C(C)CC)c1cc2nc(Cl)nc(N3CCOCC3)c2o1. The Labute approximate surface area is 159 Å². The molecule has 1 unspecified atom stereocenters. The molecule has 0 saturated carbocycles. The summed E-state index contributed by atoms with van der Waals surface area (Å²) < 4.78 is 11.5. The van der Waals surface area contributed by atoms with E-state index in [9.17, 15) is 0 Å². The summed E-state index contributed by atoms with van der Waals surface area (Å²) in [6.45, 7) is 11.1. The van der Waals surface area contributed by atoms with Crippen molar-refractivity contribution in [2.24, 2.45) is 5.92 Å². The number of hydrogen-bond acceptors (Lipinski definition) is 5. The monoisotopic (exact) mass is 373 g/mol. The third-order valence-corrected chi connectivity index (χ3v) is 4.67. The largest absolute Gasteiger partial charge is 0.450 e. The van der Waals surface area contributed by atoms with Gasteiger partial charge in [0.2, 0.25) is 5.28 Å². The molecule has 0 aromatic carbocycles. The minimum Gasteiger partial charge on any atom is -0.450 e. The van der Waals surface area contributed by atoms with Crippen molar-refractivity contribution in [1.82, 2.24) is 9.97 Å². The second-order valence-electron chi connectivity index (χ2n) is 6.34. The van der Waals surface area contributed by atoms with E-state index in [4.69, 9.17) is 20.8 Å². The Morgan fingerprint density at radius 3 is 2.85 bits per heavy atom. The highest BCUT2D eigenvalue weighted by Gasteiger charge is 2.20. The van der Waals surface area contributed by atoms with E-state index in [1.807, 2.05) is 18.2 Å². The van der Waals surface area contributed by atoms with Crippen molar-refractivity contribution in [3.8, 4) is 0 Å². The molecule has 6 heteroatoms. The smallest absolute Gasteiger partial charge is 0.225 e. The van der Waals surface area contributed by atoms with Gasteiger partial charge < -0.3 is 14.1 Å². The number of hydrogen-bond donors (Lipinski definition) is 0. The van der Waals surface area contributed by atoms with Gasteiger partial charge in [0, 0.05) is 24.7 Å². The van der Waals surface area contributed by atoms with Crippen LogP contribution in [-0.4, -0.2) is 36.3 Å². The molecule has 3 rings (SSSR count). The summed E-state index contributed by atoms with van der Waals surface area (Å²) in [5.41, 5.74) is 2.23. The number of fused-ring (bicyclic) bond motifs is 1. The third kappa shape index (κ3) is 4.17. The van der Waals surface area contributed by atoms with E-state index in [1.54, 1.807) is 6.08 Å². The molecule has 3 heterocycles. The first-order valence-corrected chi connectivity index (χ1v) is 9.31. The van der Waals surface area contributed by atoms with Crippen LogP contribution in [0.15, 0.2) is 41.4 Å². The molecule has 1 fully saturated rings. The van der Waals surface area contributed by atoms with Crippen molar-refractivity contribution in [1.29, 1.82) is 0 Å². The van der Waals surface area contributed by atoms with Crippen LogP contribution in [0.5, 0.6) is 0 Å². The summed E-state index contributed by atoms with van der Waals surface area (Å²) in [6.07, 6.45) is 9.10. The molecule has 5 nitrogen and oxygen atoms in total. The van der Waals surface area contributed by atoms with E-state index in [-0.39, 0.29) is 5.28 Å². The highest BCUT2D eigenvalue weighted by Crippen LogP contribution is 2.31. The second kappa shape index (κ2) is 8.52. The van der Waals surface area contributed by atoms with Crippen molar-refractivity contribution in [2.45, 2.75) is 20.3 Å². The van der Waals surface area contributed by atoms with Crippen LogP contribution >= 0.6 is 11.6 Å². The van der Waals surface area contributed by atoms with Crippen molar-refractivity contribution in [2.75, 3.05) is 31.2 Å². The van der Waals surface area contributed by atoms with Gasteiger partial charge in [-0.1, -0.05) is 51.2 Å². The number of aromatic nitrogens is 2. The molecule has 26 heavy (non-hydrogen) atoms. The number of halogens is 1. The van der Waals surface area contributed by atoms with Gasteiger partial charge in [0.25, 0.3) is 0 Å². The molecule has 0 spiro atoms. The zero-order valence-electron chi connectivity index (χ0n) is 15.2. The molecule has 0 aliphatic carbocycles. The molecule has 2 aromatic rings. The van der Waals surface area contributed by atoms with E-state index in [2.05, 4.69) is 41.4 Å². The van der Waals surface area contributed by atoms with E-state index in [0.717, 1.165) is 25.1 Å². The first-order valence-electron chi connectivity index (χ1n) is 8.93. The Balaban J connectivity index is 1.98. The topological polar surface area (TPSA) is 51.4 Å². The summed E-state index contributed by atoms with van der Waals surface area (Å²) in [6, 6.07) is 1.89. The number of anilines is 1. The van der Waals surface area contributed by atoms with Crippen molar-refractivity contribution in [3.63, 3.8) is 0 Å². The van der Waals surface area contributed by atoms with E-state index < -0.39 is 0 Å². The normalized spacial score (nSPS) is 17.2. The van der Waals surface area contributed by atoms with Gasteiger partial charge in [0.15, 0.2) is 11.4 Å². The fourth-order valence-corrected chi connectivity index (χ4v) is 2.93. The lowest BCUT2D eigenvalue weighted by atomic mass is 10.1. The second-order valence-corrected chi connectivity index (χ2v) is 6.68. The van der Waals surface area contributed by atoms with Crippen LogP contribution in [-0.2, 0) is 4.74 Å². The molecule has 0 radical (unpaired) electrons. The van der Waals surface area contributed by atoms with Crippen molar-refractivity contribution in [3.05, 3.63) is 48.0 Å². The van der Waals surface area contributed by atoms with Crippen LogP contribution in [0.25, 0.3) is 16.7 Å². The maximum Gasteiger partial charge on any atom is 0.225 e. The lowest BCUT2D eigenvalue weighted by molar-refractivity contribution is 0.122. The summed E-state index contributed by atoms with van der Waals surface area (Å²) in [7, 11) is 0.